The normalized spacial score (nSPS) is 10.7. The van der Waals surface area contributed by atoms with Crippen LogP contribution in [0.5, 0.6) is 5.75 Å². The van der Waals surface area contributed by atoms with Gasteiger partial charge in [-0.25, -0.2) is 4.98 Å². The van der Waals surface area contributed by atoms with Gasteiger partial charge in [-0.1, -0.05) is 0 Å². The number of benzene rings is 1. The van der Waals surface area contributed by atoms with Crippen LogP contribution in [0.15, 0.2) is 17.3 Å². The molecule has 0 aliphatic rings. The molecular weight excluding hydrogens is 184 g/mol. The number of nitrogens with one attached hydrogen (secondary N) is 1. The van der Waals surface area contributed by atoms with Gasteiger partial charge in [0.05, 0.1) is 18.1 Å². The van der Waals surface area contributed by atoms with Gasteiger partial charge in [-0.3, -0.25) is 0 Å². The SMILES string of the molecule is COc1cc2[nH]c(S)nc2cc1C. The third-order valence-corrected chi connectivity index (χ3v) is 2.20. The van der Waals surface area contributed by atoms with Gasteiger partial charge in [-0.15, -0.1) is 12.6 Å². The van der Waals surface area contributed by atoms with E-state index >= 15 is 0 Å². The Bertz CT molecular complexity index is 450. The van der Waals surface area contributed by atoms with E-state index in [-0.39, 0.29) is 0 Å². The van der Waals surface area contributed by atoms with E-state index in [2.05, 4.69) is 22.6 Å². The van der Waals surface area contributed by atoms with E-state index in [1.807, 2.05) is 19.1 Å². The van der Waals surface area contributed by atoms with Gasteiger partial charge in [0.15, 0.2) is 5.16 Å². The van der Waals surface area contributed by atoms with E-state index in [1.54, 1.807) is 7.11 Å². The highest BCUT2D eigenvalue weighted by Gasteiger charge is 2.04. The second-order valence-electron chi connectivity index (χ2n) is 2.90. The number of aromatic amines is 1. The van der Waals surface area contributed by atoms with E-state index in [9.17, 15) is 0 Å². The van der Waals surface area contributed by atoms with Crippen molar-refractivity contribution in [2.45, 2.75) is 12.1 Å². The summed E-state index contributed by atoms with van der Waals surface area (Å²) in [6, 6.07) is 3.90. The van der Waals surface area contributed by atoms with Gasteiger partial charge in [-0.2, -0.15) is 0 Å². The Labute approximate surface area is 81.5 Å². The number of thiol groups is 1. The van der Waals surface area contributed by atoms with Crippen molar-refractivity contribution < 1.29 is 4.74 Å². The van der Waals surface area contributed by atoms with Crippen LogP contribution in [-0.4, -0.2) is 17.1 Å². The molecule has 0 spiro atoms. The molecular formula is C9H10N2OS. The molecule has 0 saturated carbocycles. The zero-order chi connectivity index (χ0) is 9.42. The van der Waals surface area contributed by atoms with Gasteiger partial charge in [-0.05, 0) is 18.6 Å². The summed E-state index contributed by atoms with van der Waals surface area (Å²) in [6.45, 7) is 1.99. The molecule has 2 rings (SSSR count). The Balaban J connectivity index is 2.72. The minimum atomic E-state index is 0.627. The monoisotopic (exact) mass is 194 g/mol. The smallest absolute Gasteiger partial charge is 0.163 e. The molecule has 2 aromatic rings. The van der Waals surface area contributed by atoms with Gasteiger partial charge in [0.1, 0.15) is 5.75 Å². The Morgan fingerprint density at radius 1 is 1.46 bits per heavy atom. The van der Waals surface area contributed by atoms with Crippen molar-refractivity contribution in [1.82, 2.24) is 9.97 Å². The molecule has 0 unspecified atom stereocenters. The van der Waals surface area contributed by atoms with Crippen LogP contribution in [-0.2, 0) is 0 Å². The van der Waals surface area contributed by atoms with E-state index in [0.717, 1.165) is 22.3 Å². The molecule has 4 heteroatoms. The Morgan fingerprint density at radius 3 is 2.92 bits per heavy atom. The first kappa shape index (κ1) is 8.44. The first-order valence-corrected chi connectivity index (χ1v) is 4.39. The molecule has 13 heavy (non-hydrogen) atoms. The summed E-state index contributed by atoms with van der Waals surface area (Å²) >= 11 is 4.13. The third-order valence-electron chi connectivity index (χ3n) is 1.99. The number of methoxy groups -OCH3 is 1. The predicted octanol–water partition coefficient (Wildman–Crippen LogP) is 2.17. The van der Waals surface area contributed by atoms with Crippen molar-refractivity contribution in [1.29, 1.82) is 0 Å². The molecule has 68 valence electrons. The quantitative estimate of drug-likeness (QED) is 0.683. The third kappa shape index (κ3) is 1.37. The summed E-state index contributed by atoms with van der Waals surface area (Å²) < 4.78 is 5.19. The van der Waals surface area contributed by atoms with Crippen molar-refractivity contribution in [3.63, 3.8) is 0 Å². The van der Waals surface area contributed by atoms with Crippen LogP contribution in [0, 0.1) is 6.92 Å². The maximum Gasteiger partial charge on any atom is 0.163 e. The summed E-state index contributed by atoms with van der Waals surface area (Å²) in [6.07, 6.45) is 0. The van der Waals surface area contributed by atoms with Gasteiger partial charge < -0.3 is 9.72 Å². The standard InChI is InChI=1S/C9H10N2OS/c1-5-3-6-7(4-8(5)12-2)11-9(13)10-6/h3-4H,1-2H3,(H2,10,11,13). The number of ether oxygens (including phenoxy) is 1. The van der Waals surface area contributed by atoms with Crippen LogP contribution >= 0.6 is 12.6 Å². The molecule has 0 aliphatic carbocycles. The fourth-order valence-electron chi connectivity index (χ4n) is 1.35. The lowest BCUT2D eigenvalue weighted by Crippen LogP contribution is -1.86. The topological polar surface area (TPSA) is 37.9 Å². The maximum atomic E-state index is 5.19. The van der Waals surface area contributed by atoms with Crippen molar-refractivity contribution >= 4 is 23.7 Å². The molecule has 0 aliphatic heterocycles. The number of hydrogen-bond acceptors (Lipinski definition) is 3. The first-order chi connectivity index (χ1) is 6.20. The van der Waals surface area contributed by atoms with Crippen LogP contribution in [0.25, 0.3) is 11.0 Å². The highest BCUT2D eigenvalue weighted by molar-refractivity contribution is 7.80. The number of aryl methyl sites for hydroxylation is 1. The van der Waals surface area contributed by atoms with Crippen molar-refractivity contribution in [3.05, 3.63) is 17.7 Å². The second kappa shape index (κ2) is 2.96. The number of rotatable bonds is 1. The van der Waals surface area contributed by atoms with Crippen LogP contribution in [0.2, 0.25) is 0 Å². The lowest BCUT2D eigenvalue weighted by Gasteiger charge is -2.02. The number of nitrogens with zero attached hydrogens (tertiary/aromatic N) is 1. The van der Waals surface area contributed by atoms with Crippen molar-refractivity contribution in [2.75, 3.05) is 7.11 Å². The molecule has 3 nitrogen and oxygen atoms in total. The minimum absolute atomic E-state index is 0.627. The number of aromatic nitrogens is 2. The molecule has 1 N–H and O–H groups in total. The fraction of sp³-hybridized carbons (Fsp3) is 0.222. The zero-order valence-electron chi connectivity index (χ0n) is 7.46. The largest absolute Gasteiger partial charge is 0.496 e. The Hall–Kier alpha value is -1.16. The fourth-order valence-corrected chi connectivity index (χ4v) is 1.58. The number of imidazole rings is 1. The van der Waals surface area contributed by atoms with Crippen molar-refractivity contribution in [3.8, 4) is 5.75 Å². The summed E-state index contributed by atoms with van der Waals surface area (Å²) in [7, 11) is 1.66. The van der Waals surface area contributed by atoms with Gasteiger partial charge in [0.2, 0.25) is 0 Å². The maximum absolute atomic E-state index is 5.19. The van der Waals surface area contributed by atoms with Crippen LogP contribution in [0.4, 0.5) is 0 Å². The molecule has 0 bridgehead atoms. The molecule has 0 amide bonds. The number of H-pyrrole nitrogens is 1. The van der Waals surface area contributed by atoms with Crippen LogP contribution in [0.1, 0.15) is 5.56 Å². The molecule has 0 saturated heterocycles. The first-order valence-electron chi connectivity index (χ1n) is 3.94. The summed E-state index contributed by atoms with van der Waals surface area (Å²) in [5, 5.41) is 0.627. The molecule has 0 atom stereocenters. The molecule has 1 aromatic carbocycles. The van der Waals surface area contributed by atoms with Crippen LogP contribution < -0.4 is 4.74 Å². The number of hydrogen-bond donors (Lipinski definition) is 2. The average molecular weight is 194 g/mol. The lowest BCUT2D eigenvalue weighted by atomic mass is 10.2. The molecule has 0 radical (unpaired) electrons. The van der Waals surface area contributed by atoms with Gasteiger partial charge in [0.25, 0.3) is 0 Å². The molecule has 1 heterocycles. The van der Waals surface area contributed by atoms with E-state index in [0.29, 0.717) is 5.16 Å². The van der Waals surface area contributed by atoms with Gasteiger partial charge in [0, 0.05) is 6.07 Å². The number of fused-ring (bicyclic) bond motifs is 1. The second-order valence-corrected chi connectivity index (χ2v) is 3.32. The molecule has 1 aromatic heterocycles. The lowest BCUT2D eigenvalue weighted by molar-refractivity contribution is 0.412. The molecule has 0 fully saturated rings. The highest BCUT2D eigenvalue weighted by Crippen LogP contribution is 2.24. The Morgan fingerprint density at radius 2 is 2.23 bits per heavy atom. The van der Waals surface area contributed by atoms with Crippen molar-refractivity contribution in [2.24, 2.45) is 0 Å². The highest BCUT2D eigenvalue weighted by atomic mass is 32.1. The minimum Gasteiger partial charge on any atom is -0.496 e. The van der Waals surface area contributed by atoms with E-state index in [1.165, 1.54) is 0 Å². The zero-order valence-corrected chi connectivity index (χ0v) is 8.35. The van der Waals surface area contributed by atoms with Crippen LogP contribution in [0.3, 0.4) is 0 Å². The van der Waals surface area contributed by atoms with E-state index < -0.39 is 0 Å². The predicted molar refractivity (Wildman–Crippen MR) is 54.6 cm³/mol. The van der Waals surface area contributed by atoms with E-state index in [4.69, 9.17) is 4.74 Å². The van der Waals surface area contributed by atoms with Gasteiger partial charge >= 0.3 is 0 Å². The summed E-state index contributed by atoms with van der Waals surface area (Å²) in [5.41, 5.74) is 2.95. The Kier molecular flexibility index (Phi) is 1.92. The summed E-state index contributed by atoms with van der Waals surface area (Å²) in [5.74, 6) is 0.865. The average Bonchev–Trinajstić information content (AvgIpc) is 2.42. The summed E-state index contributed by atoms with van der Waals surface area (Å²) in [4.78, 5) is 7.24.